The number of aromatic hydroxyl groups is 1. The molecule has 0 aliphatic rings. The molecule has 0 bridgehead atoms. The molecule has 0 fully saturated rings. The molecule has 0 aliphatic carbocycles. The van der Waals surface area contributed by atoms with Crippen molar-refractivity contribution in [2.45, 2.75) is 6.92 Å². The van der Waals surface area contributed by atoms with Gasteiger partial charge >= 0.3 is 7.82 Å². The fraction of sp³-hybridized carbons (Fsp3) is 0.0714. The zero-order valence-corrected chi connectivity index (χ0v) is 11.9. The third-order valence-electron chi connectivity index (χ3n) is 3.15. The van der Waals surface area contributed by atoms with E-state index in [-0.39, 0.29) is 11.5 Å². The standard InChI is InChI=1S/C14H12NO5P/c1-8-6-12(20-21(17,18)19)14(16)10-7-9-4-2-3-5-11(9)15-13(8)10/h2-7,16H,1H3,(H2,17,18,19). The van der Waals surface area contributed by atoms with Crippen molar-refractivity contribution in [3.8, 4) is 11.5 Å². The number of phosphoric acid groups is 1. The maximum absolute atomic E-state index is 11.0. The van der Waals surface area contributed by atoms with Crippen molar-refractivity contribution < 1.29 is 24.0 Å². The quantitative estimate of drug-likeness (QED) is 0.497. The number of nitrogens with zero attached hydrogens (tertiary/aromatic N) is 1. The second-order valence-corrected chi connectivity index (χ2v) is 5.86. The molecule has 108 valence electrons. The molecule has 3 rings (SSSR count). The monoisotopic (exact) mass is 305 g/mol. The Morgan fingerprint density at radius 1 is 1.19 bits per heavy atom. The lowest BCUT2D eigenvalue weighted by molar-refractivity contribution is 0.278. The van der Waals surface area contributed by atoms with Crippen LogP contribution in [0.15, 0.2) is 36.4 Å². The largest absolute Gasteiger partial charge is 0.524 e. The lowest BCUT2D eigenvalue weighted by atomic mass is 10.1. The maximum Gasteiger partial charge on any atom is 0.524 e. The Hall–Kier alpha value is -2.14. The Morgan fingerprint density at radius 3 is 2.62 bits per heavy atom. The number of phenolic OH excluding ortho intramolecular Hbond substituents is 1. The van der Waals surface area contributed by atoms with E-state index < -0.39 is 7.82 Å². The van der Waals surface area contributed by atoms with Gasteiger partial charge in [-0.05, 0) is 30.7 Å². The molecular formula is C14H12NO5P. The first-order chi connectivity index (χ1) is 9.85. The van der Waals surface area contributed by atoms with Crippen molar-refractivity contribution in [3.05, 3.63) is 42.0 Å². The summed E-state index contributed by atoms with van der Waals surface area (Å²) in [6.07, 6.45) is 0. The van der Waals surface area contributed by atoms with Crippen LogP contribution >= 0.6 is 7.82 Å². The average molecular weight is 305 g/mol. The summed E-state index contributed by atoms with van der Waals surface area (Å²) in [6, 6.07) is 10.5. The van der Waals surface area contributed by atoms with Crippen LogP contribution in [0.25, 0.3) is 21.8 Å². The van der Waals surface area contributed by atoms with Gasteiger partial charge in [0.2, 0.25) is 0 Å². The van der Waals surface area contributed by atoms with Gasteiger partial charge in [-0.15, -0.1) is 0 Å². The van der Waals surface area contributed by atoms with Crippen LogP contribution in [0, 0.1) is 6.92 Å². The molecule has 3 aromatic rings. The summed E-state index contributed by atoms with van der Waals surface area (Å²) in [4.78, 5) is 22.3. The van der Waals surface area contributed by atoms with Crippen LogP contribution in [0.3, 0.4) is 0 Å². The number of hydrogen-bond acceptors (Lipinski definition) is 4. The minimum Gasteiger partial charge on any atom is -0.504 e. The fourth-order valence-corrected chi connectivity index (χ4v) is 2.66. The Morgan fingerprint density at radius 2 is 1.90 bits per heavy atom. The molecule has 0 amide bonds. The number of fused-ring (bicyclic) bond motifs is 2. The predicted octanol–water partition coefficient (Wildman–Crippen LogP) is 2.87. The number of para-hydroxylation sites is 1. The number of pyridine rings is 1. The van der Waals surface area contributed by atoms with E-state index in [1.807, 2.05) is 24.3 Å². The SMILES string of the molecule is Cc1cc(OP(=O)(O)O)c(O)c2cc3ccccc3nc12. The summed E-state index contributed by atoms with van der Waals surface area (Å²) in [5.41, 5.74) is 1.98. The maximum atomic E-state index is 11.0. The van der Waals surface area contributed by atoms with E-state index in [0.29, 0.717) is 16.5 Å². The number of hydrogen-bond donors (Lipinski definition) is 3. The van der Waals surface area contributed by atoms with E-state index >= 15 is 0 Å². The van der Waals surface area contributed by atoms with Gasteiger partial charge in [0.05, 0.1) is 11.0 Å². The van der Waals surface area contributed by atoms with E-state index in [0.717, 1.165) is 10.9 Å². The van der Waals surface area contributed by atoms with Gasteiger partial charge in [-0.25, -0.2) is 9.55 Å². The molecule has 21 heavy (non-hydrogen) atoms. The van der Waals surface area contributed by atoms with Crippen LogP contribution in [-0.4, -0.2) is 19.9 Å². The number of rotatable bonds is 2. The van der Waals surface area contributed by atoms with Crippen molar-refractivity contribution >= 4 is 29.6 Å². The Balaban J connectivity index is 2.33. The molecular weight excluding hydrogens is 293 g/mol. The van der Waals surface area contributed by atoms with Gasteiger partial charge < -0.3 is 9.63 Å². The summed E-state index contributed by atoms with van der Waals surface area (Å²) in [7, 11) is -4.74. The highest BCUT2D eigenvalue weighted by Crippen LogP contribution is 2.45. The van der Waals surface area contributed by atoms with E-state index in [1.54, 1.807) is 13.0 Å². The number of phosphoric ester groups is 1. The smallest absolute Gasteiger partial charge is 0.504 e. The molecule has 2 aromatic carbocycles. The highest BCUT2D eigenvalue weighted by molar-refractivity contribution is 7.46. The van der Waals surface area contributed by atoms with Crippen molar-refractivity contribution in [1.82, 2.24) is 4.98 Å². The zero-order valence-electron chi connectivity index (χ0n) is 11.0. The second kappa shape index (κ2) is 4.70. The minimum atomic E-state index is -4.74. The van der Waals surface area contributed by atoms with Gasteiger partial charge in [0.25, 0.3) is 0 Å². The molecule has 3 N–H and O–H groups in total. The molecule has 0 aliphatic heterocycles. The van der Waals surface area contributed by atoms with Gasteiger partial charge in [0.1, 0.15) is 0 Å². The molecule has 0 unspecified atom stereocenters. The minimum absolute atomic E-state index is 0.259. The molecule has 0 atom stereocenters. The number of aromatic nitrogens is 1. The first-order valence-corrected chi connectivity index (χ1v) is 7.65. The van der Waals surface area contributed by atoms with E-state index in [2.05, 4.69) is 9.51 Å². The van der Waals surface area contributed by atoms with Gasteiger partial charge in [0.15, 0.2) is 11.5 Å². The van der Waals surface area contributed by atoms with Crippen LogP contribution in [-0.2, 0) is 4.57 Å². The van der Waals surface area contributed by atoms with Gasteiger partial charge in [0, 0.05) is 10.8 Å². The molecule has 7 heteroatoms. The average Bonchev–Trinajstić information content (AvgIpc) is 2.41. The van der Waals surface area contributed by atoms with Crippen molar-refractivity contribution in [2.75, 3.05) is 0 Å². The topological polar surface area (TPSA) is 99.9 Å². The van der Waals surface area contributed by atoms with Crippen LogP contribution in [0.1, 0.15) is 5.56 Å². The van der Waals surface area contributed by atoms with E-state index in [4.69, 9.17) is 9.79 Å². The van der Waals surface area contributed by atoms with Crippen LogP contribution < -0.4 is 4.52 Å². The van der Waals surface area contributed by atoms with Gasteiger partial charge in [-0.3, -0.25) is 9.79 Å². The van der Waals surface area contributed by atoms with Crippen molar-refractivity contribution in [3.63, 3.8) is 0 Å². The van der Waals surface area contributed by atoms with Crippen molar-refractivity contribution in [1.29, 1.82) is 0 Å². The summed E-state index contributed by atoms with van der Waals surface area (Å²) < 4.78 is 15.5. The van der Waals surface area contributed by atoms with Crippen LogP contribution in [0.4, 0.5) is 0 Å². The zero-order chi connectivity index (χ0) is 15.2. The molecule has 0 saturated heterocycles. The van der Waals surface area contributed by atoms with Gasteiger partial charge in [-0.2, -0.15) is 0 Å². The number of aryl methyl sites for hydroxylation is 1. The molecule has 0 spiro atoms. The first-order valence-electron chi connectivity index (χ1n) is 6.12. The number of phenols is 1. The summed E-state index contributed by atoms with van der Waals surface area (Å²) in [5, 5.41) is 11.4. The molecule has 0 radical (unpaired) electrons. The van der Waals surface area contributed by atoms with Crippen LogP contribution in [0.5, 0.6) is 11.5 Å². The molecule has 6 nitrogen and oxygen atoms in total. The fourth-order valence-electron chi connectivity index (χ4n) is 2.26. The predicted molar refractivity (Wildman–Crippen MR) is 78.3 cm³/mol. The van der Waals surface area contributed by atoms with E-state index in [9.17, 15) is 9.67 Å². The second-order valence-electron chi connectivity index (χ2n) is 4.70. The molecule has 0 saturated carbocycles. The highest BCUT2D eigenvalue weighted by atomic mass is 31.2. The Labute approximate surface area is 119 Å². The summed E-state index contributed by atoms with van der Waals surface area (Å²) in [6.45, 7) is 1.73. The third kappa shape index (κ3) is 2.56. The lowest BCUT2D eigenvalue weighted by Gasteiger charge is -2.12. The number of benzene rings is 2. The highest BCUT2D eigenvalue weighted by Gasteiger charge is 2.21. The summed E-state index contributed by atoms with van der Waals surface area (Å²) >= 11 is 0. The Bertz CT molecular complexity index is 903. The van der Waals surface area contributed by atoms with E-state index in [1.165, 1.54) is 6.07 Å². The first kappa shape index (κ1) is 13.8. The lowest BCUT2D eigenvalue weighted by Crippen LogP contribution is -1.94. The normalized spacial score (nSPS) is 12.0. The van der Waals surface area contributed by atoms with Gasteiger partial charge in [-0.1, -0.05) is 18.2 Å². The van der Waals surface area contributed by atoms with Crippen LogP contribution in [0.2, 0.25) is 0 Å². The Kier molecular flexibility index (Phi) is 3.10. The summed E-state index contributed by atoms with van der Waals surface area (Å²) in [5.74, 6) is -0.595. The molecule has 1 aromatic heterocycles. The third-order valence-corrected chi connectivity index (χ3v) is 3.59. The van der Waals surface area contributed by atoms with Crippen molar-refractivity contribution in [2.24, 2.45) is 0 Å². The molecule has 1 heterocycles.